The van der Waals surface area contributed by atoms with Gasteiger partial charge in [0.2, 0.25) is 12.7 Å². The van der Waals surface area contributed by atoms with Gasteiger partial charge >= 0.3 is 0 Å². The molecule has 4 rings (SSSR count). The van der Waals surface area contributed by atoms with Crippen molar-refractivity contribution in [2.75, 3.05) is 26.6 Å². The average molecular weight is 402 g/mol. The molecule has 1 amide bonds. The van der Waals surface area contributed by atoms with Gasteiger partial charge in [-0.05, 0) is 55.2 Å². The Morgan fingerprint density at radius 2 is 1.89 bits per heavy atom. The number of hydrogen-bond donors (Lipinski definition) is 0. The molecule has 5 nitrogen and oxygen atoms in total. The van der Waals surface area contributed by atoms with Crippen molar-refractivity contribution in [1.29, 1.82) is 0 Å². The van der Waals surface area contributed by atoms with E-state index in [9.17, 15) is 4.79 Å². The molecule has 0 N–H and O–H groups in total. The van der Waals surface area contributed by atoms with Gasteiger partial charge in [-0.3, -0.25) is 4.79 Å². The summed E-state index contributed by atoms with van der Waals surface area (Å²) >= 11 is 6.25. The molecule has 2 aliphatic rings. The molecule has 0 atom stereocenters. The highest BCUT2D eigenvalue weighted by molar-refractivity contribution is 6.30. The highest BCUT2D eigenvalue weighted by Gasteiger charge is 2.44. The Kier molecular flexibility index (Phi) is 5.47. The van der Waals surface area contributed by atoms with Gasteiger partial charge in [-0.1, -0.05) is 29.8 Å². The number of nitrogens with zero attached hydrogens (tertiary/aromatic N) is 1. The second-order valence-electron chi connectivity index (χ2n) is 7.21. The van der Waals surface area contributed by atoms with E-state index in [2.05, 4.69) is 0 Å². The van der Waals surface area contributed by atoms with E-state index in [-0.39, 0.29) is 12.7 Å². The summed E-state index contributed by atoms with van der Waals surface area (Å²) in [5.74, 6) is 1.60. The third-order valence-electron chi connectivity index (χ3n) is 5.61. The van der Waals surface area contributed by atoms with Crippen LogP contribution in [0.4, 0.5) is 0 Å². The van der Waals surface area contributed by atoms with E-state index in [0.717, 1.165) is 22.6 Å². The minimum Gasteiger partial charge on any atom is -0.454 e. The van der Waals surface area contributed by atoms with Crippen molar-refractivity contribution in [3.8, 4) is 11.5 Å². The zero-order chi connectivity index (χ0) is 19.6. The van der Waals surface area contributed by atoms with Crippen LogP contribution in [0.1, 0.15) is 30.9 Å². The van der Waals surface area contributed by atoms with Crippen molar-refractivity contribution in [3.05, 3.63) is 58.6 Å². The molecule has 28 heavy (non-hydrogen) atoms. The fourth-order valence-corrected chi connectivity index (χ4v) is 4.21. The minimum atomic E-state index is -0.602. The van der Waals surface area contributed by atoms with E-state index < -0.39 is 5.41 Å². The summed E-state index contributed by atoms with van der Waals surface area (Å²) in [5.41, 5.74) is 1.39. The van der Waals surface area contributed by atoms with Crippen LogP contribution in [0.25, 0.3) is 0 Å². The summed E-state index contributed by atoms with van der Waals surface area (Å²) in [7, 11) is 0. The van der Waals surface area contributed by atoms with E-state index in [1.807, 2.05) is 54.3 Å². The number of carbonyl (C=O) groups is 1. The van der Waals surface area contributed by atoms with Crippen LogP contribution in [0.15, 0.2) is 42.5 Å². The Bertz CT molecular complexity index is 863. The summed E-state index contributed by atoms with van der Waals surface area (Å²) in [6.45, 7) is 4.54. The second kappa shape index (κ2) is 8.02. The molecule has 148 valence electrons. The first kappa shape index (κ1) is 19.1. The minimum absolute atomic E-state index is 0.123. The second-order valence-corrected chi connectivity index (χ2v) is 7.65. The van der Waals surface area contributed by atoms with Crippen molar-refractivity contribution >= 4 is 17.5 Å². The third kappa shape index (κ3) is 3.56. The molecule has 0 aliphatic carbocycles. The van der Waals surface area contributed by atoms with Gasteiger partial charge in [0.1, 0.15) is 0 Å². The van der Waals surface area contributed by atoms with Crippen LogP contribution >= 0.6 is 11.6 Å². The molecule has 2 aliphatic heterocycles. The Hall–Kier alpha value is -2.24. The van der Waals surface area contributed by atoms with Crippen LogP contribution in [0.3, 0.4) is 0 Å². The number of likely N-dealkylation sites (N-methyl/N-ethyl adjacent to an activating group) is 1. The predicted octanol–water partition coefficient (Wildman–Crippen LogP) is 4.17. The Morgan fingerprint density at radius 1 is 1.11 bits per heavy atom. The maximum Gasteiger partial charge on any atom is 0.233 e. The lowest BCUT2D eigenvalue weighted by molar-refractivity contribution is -0.141. The summed E-state index contributed by atoms with van der Waals surface area (Å²) in [6, 6.07) is 13.5. The quantitative estimate of drug-likeness (QED) is 0.754. The zero-order valence-corrected chi connectivity index (χ0v) is 16.7. The number of carbonyl (C=O) groups excluding carboxylic acids is 1. The third-order valence-corrected chi connectivity index (χ3v) is 5.85. The van der Waals surface area contributed by atoms with Gasteiger partial charge in [-0.2, -0.15) is 0 Å². The van der Waals surface area contributed by atoms with E-state index in [1.165, 1.54) is 0 Å². The Morgan fingerprint density at radius 3 is 2.64 bits per heavy atom. The standard InChI is InChI=1S/C22H24ClNO4/c1-2-24(14-16-6-7-19-20(12-16)28-15-27-19)21(25)22(8-10-26-11-9-22)17-4-3-5-18(23)13-17/h3-7,12-13H,2,8-11,14-15H2,1H3. The number of hydrogen-bond acceptors (Lipinski definition) is 4. The molecular weight excluding hydrogens is 378 g/mol. The number of amides is 1. The highest BCUT2D eigenvalue weighted by Crippen LogP contribution is 2.39. The molecule has 2 heterocycles. The topological polar surface area (TPSA) is 48.0 Å². The van der Waals surface area contributed by atoms with Crippen LogP contribution < -0.4 is 9.47 Å². The van der Waals surface area contributed by atoms with Crippen LogP contribution in [0.2, 0.25) is 5.02 Å². The Labute approximate surface area is 170 Å². The molecule has 0 saturated carbocycles. The number of halogens is 1. The van der Waals surface area contributed by atoms with Crippen molar-refractivity contribution in [1.82, 2.24) is 4.90 Å². The molecule has 0 bridgehead atoms. The number of fused-ring (bicyclic) bond motifs is 1. The van der Waals surface area contributed by atoms with E-state index in [0.29, 0.717) is 44.2 Å². The van der Waals surface area contributed by atoms with Crippen LogP contribution in [-0.4, -0.2) is 37.4 Å². The normalized spacial score (nSPS) is 17.4. The monoisotopic (exact) mass is 401 g/mol. The molecule has 2 aromatic rings. The van der Waals surface area contributed by atoms with Gasteiger partial charge in [0.15, 0.2) is 11.5 Å². The van der Waals surface area contributed by atoms with Gasteiger partial charge in [-0.25, -0.2) is 0 Å². The highest BCUT2D eigenvalue weighted by atomic mass is 35.5. The van der Waals surface area contributed by atoms with Gasteiger partial charge < -0.3 is 19.1 Å². The van der Waals surface area contributed by atoms with E-state index >= 15 is 0 Å². The smallest absolute Gasteiger partial charge is 0.233 e. The maximum atomic E-state index is 13.8. The fraction of sp³-hybridized carbons (Fsp3) is 0.409. The average Bonchev–Trinajstić information content (AvgIpc) is 3.20. The summed E-state index contributed by atoms with van der Waals surface area (Å²) in [6.07, 6.45) is 1.31. The molecule has 6 heteroatoms. The summed E-state index contributed by atoms with van der Waals surface area (Å²) < 4.78 is 16.4. The molecule has 0 aromatic heterocycles. The van der Waals surface area contributed by atoms with E-state index in [4.69, 9.17) is 25.8 Å². The lowest BCUT2D eigenvalue weighted by Gasteiger charge is -2.40. The first-order valence-electron chi connectivity index (χ1n) is 9.64. The van der Waals surface area contributed by atoms with Gasteiger partial charge in [0.25, 0.3) is 0 Å². The fourth-order valence-electron chi connectivity index (χ4n) is 4.02. The van der Waals surface area contributed by atoms with E-state index in [1.54, 1.807) is 0 Å². The molecule has 0 unspecified atom stereocenters. The molecule has 1 saturated heterocycles. The lowest BCUT2D eigenvalue weighted by Crippen LogP contribution is -2.49. The predicted molar refractivity (Wildman–Crippen MR) is 107 cm³/mol. The molecule has 0 spiro atoms. The van der Waals surface area contributed by atoms with Crippen LogP contribution in [-0.2, 0) is 21.5 Å². The van der Waals surface area contributed by atoms with Crippen molar-refractivity contribution in [2.45, 2.75) is 31.7 Å². The SMILES string of the molecule is CCN(Cc1ccc2c(c1)OCO2)C(=O)C1(c2cccc(Cl)c2)CCOCC1. The number of ether oxygens (including phenoxy) is 3. The van der Waals surface area contributed by atoms with Gasteiger partial charge in [-0.15, -0.1) is 0 Å². The van der Waals surface area contributed by atoms with Crippen LogP contribution in [0, 0.1) is 0 Å². The lowest BCUT2D eigenvalue weighted by atomic mass is 9.73. The first-order chi connectivity index (χ1) is 13.6. The van der Waals surface area contributed by atoms with Crippen molar-refractivity contribution in [3.63, 3.8) is 0 Å². The Balaban J connectivity index is 1.63. The first-order valence-corrected chi connectivity index (χ1v) is 10.0. The molecule has 0 radical (unpaired) electrons. The largest absolute Gasteiger partial charge is 0.454 e. The van der Waals surface area contributed by atoms with Crippen LogP contribution in [0.5, 0.6) is 11.5 Å². The van der Waals surface area contributed by atoms with Gasteiger partial charge in [0, 0.05) is 31.3 Å². The zero-order valence-electron chi connectivity index (χ0n) is 15.9. The maximum absolute atomic E-state index is 13.8. The van der Waals surface area contributed by atoms with Crippen molar-refractivity contribution in [2.24, 2.45) is 0 Å². The molecule has 1 fully saturated rings. The summed E-state index contributed by atoms with van der Waals surface area (Å²) in [4.78, 5) is 15.7. The summed E-state index contributed by atoms with van der Waals surface area (Å²) in [5, 5.41) is 0.648. The molecule has 2 aromatic carbocycles. The van der Waals surface area contributed by atoms with Crippen molar-refractivity contribution < 1.29 is 19.0 Å². The number of rotatable bonds is 5. The van der Waals surface area contributed by atoms with Gasteiger partial charge in [0.05, 0.1) is 5.41 Å². The molecular formula is C22H24ClNO4. The number of benzene rings is 2.